The summed E-state index contributed by atoms with van der Waals surface area (Å²) in [5, 5.41) is 0. The highest BCUT2D eigenvalue weighted by atomic mass is 16.6. The van der Waals surface area contributed by atoms with Crippen molar-refractivity contribution in [2.75, 3.05) is 106 Å². The van der Waals surface area contributed by atoms with E-state index >= 15 is 0 Å². The van der Waals surface area contributed by atoms with Crippen molar-refractivity contribution in [2.24, 2.45) is 0 Å². The molecule has 0 spiro atoms. The fraction of sp³-hybridized carbons (Fsp3) is 0.471. The van der Waals surface area contributed by atoms with Crippen LogP contribution in [0.3, 0.4) is 0 Å². The van der Waals surface area contributed by atoms with Gasteiger partial charge in [-0.05, 0) is 24.3 Å². The molecule has 0 fully saturated rings. The zero-order chi connectivity index (χ0) is 32.9. The van der Waals surface area contributed by atoms with Gasteiger partial charge in [0, 0.05) is 0 Å². The maximum absolute atomic E-state index is 11.2. The Hall–Kier alpha value is -3.78. The van der Waals surface area contributed by atoms with Crippen LogP contribution in [0.2, 0.25) is 0 Å². The normalized spacial score (nSPS) is 10.7. The van der Waals surface area contributed by atoms with Crippen molar-refractivity contribution in [3.63, 3.8) is 0 Å². The monoisotopic (exact) mass is 646 g/mol. The number of aldehydes is 2. The molecular formula is C34H46O12. The molecule has 0 radical (unpaired) electrons. The van der Waals surface area contributed by atoms with Crippen molar-refractivity contribution < 1.29 is 57.0 Å². The molecule has 0 aliphatic carbocycles. The van der Waals surface area contributed by atoms with E-state index in [1.54, 1.807) is 48.6 Å². The van der Waals surface area contributed by atoms with Crippen LogP contribution in [-0.4, -0.2) is 118 Å². The zero-order valence-corrected chi connectivity index (χ0v) is 26.4. The third kappa shape index (κ3) is 16.5. The number of hydrogen-bond acceptors (Lipinski definition) is 12. The second-order valence-corrected chi connectivity index (χ2v) is 9.16. The molecule has 0 unspecified atom stereocenters. The minimum atomic E-state index is 0.273. The highest BCUT2D eigenvalue weighted by Crippen LogP contribution is 2.31. The first-order chi connectivity index (χ1) is 22.7. The van der Waals surface area contributed by atoms with E-state index in [2.05, 4.69) is 13.2 Å². The Morgan fingerprint density at radius 2 is 0.739 bits per heavy atom. The predicted octanol–water partition coefficient (Wildman–Crippen LogP) is 4.00. The van der Waals surface area contributed by atoms with E-state index in [-0.39, 0.29) is 13.2 Å². The summed E-state index contributed by atoms with van der Waals surface area (Å²) in [6, 6.07) is 10.3. The first kappa shape index (κ1) is 38.4. The van der Waals surface area contributed by atoms with Crippen molar-refractivity contribution in [1.82, 2.24) is 0 Å². The van der Waals surface area contributed by atoms with Crippen LogP contribution >= 0.6 is 0 Å². The quantitative estimate of drug-likeness (QED) is 0.0668. The van der Waals surface area contributed by atoms with E-state index in [9.17, 15) is 9.59 Å². The Balaban J connectivity index is 1.34. The Morgan fingerprint density at radius 1 is 0.435 bits per heavy atom. The molecule has 0 heterocycles. The number of rotatable bonds is 31. The number of hydrogen-bond donors (Lipinski definition) is 0. The van der Waals surface area contributed by atoms with Gasteiger partial charge in [-0.25, -0.2) is 0 Å². The van der Waals surface area contributed by atoms with Crippen molar-refractivity contribution in [1.29, 1.82) is 0 Å². The summed E-state index contributed by atoms with van der Waals surface area (Å²) in [6.07, 6.45) is 4.65. The molecule has 0 N–H and O–H groups in total. The van der Waals surface area contributed by atoms with E-state index in [1.165, 1.54) is 0 Å². The molecule has 2 rings (SSSR count). The van der Waals surface area contributed by atoms with Gasteiger partial charge < -0.3 is 47.4 Å². The van der Waals surface area contributed by atoms with Crippen molar-refractivity contribution in [2.45, 2.75) is 0 Å². The number of para-hydroxylation sites is 2. The summed E-state index contributed by atoms with van der Waals surface area (Å²) in [7, 11) is 0. The zero-order valence-electron chi connectivity index (χ0n) is 26.4. The minimum absolute atomic E-state index is 0.273. The lowest BCUT2D eigenvalue weighted by Gasteiger charge is -2.13. The molecule has 2 aromatic rings. The summed E-state index contributed by atoms with van der Waals surface area (Å²) >= 11 is 0. The molecular weight excluding hydrogens is 600 g/mol. The van der Waals surface area contributed by atoms with Gasteiger partial charge in [-0.15, -0.1) is 0 Å². The molecule has 0 aromatic heterocycles. The lowest BCUT2D eigenvalue weighted by Crippen LogP contribution is -2.15. The number of ether oxygens (including phenoxy) is 10. The largest absolute Gasteiger partial charge is 0.487 e. The third-order valence-corrected chi connectivity index (χ3v) is 5.79. The summed E-state index contributed by atoms with van der Waals surface area (Å²) in [6.45, 7) is 13.5. The van der Waals surface area contributed by atoms with Gasteiger partial charge in [0.15, 0.2) is 35.6 Å². The predicted molar refractivity (Wildman–Crippen MR) is 171 cm³/mol. The van der Waals surface area contributed by atoms with Crippen LogP contribution in [0.15, 0.2) is 61.7 Å². The molecule has 0 aliphatic heterocycles. The highest BCUT2D eigenvalue weighted by Gasteiger charge is 2.11. The molecule has 0 saturated heterocycles. The van der Waals surface area contributed by atoms with Crippen LogP contribution in [0, 0.1) is 0 Å². The standard InChI is InChI=1S/C34H46O12/c1-3-11-45-33-29(27-35)7-5-9-31(33)43-25-23-41-21-19-39-17-15-37-13-14-38-16-18-40-20-22-42-24-26-44-32-10-6-8-30(28-36)34(32)46-12-4-2/h3-10,27-28H,1-2,11-26H2. The Bertz CT molecular complexity index is 1040. The molecule has 0 atom stereocenters. The van der Waals surface area contributed by atoms with Crippen LogP contribution in [0.4, 0.5) is 0 Å². The molecule has 0 saturated carbocycles. The van der Waals surface area contributed by atoms with Crippen molar-refractivity contribution >= 4 is 12.6 Å². The van der Waals surface area contributed by atoms with Crippen molar-refractivity contribution in [3.05, 3.63) is 72.8 Å². The van der Waals surface area contributed by atoms with E-state index < -0.39 is 0 Å². The van der Waals surface area contributed by atoms with Crippen LogP contribution in [0.1, 0.15) is 20.7 Å². The summed E-state index contributed by atoms with van der Waals surface area (Å²) in [5.74, 6) is 1.75. The van der Waals surface area contributed by atoms with Gasteiger partial charge in [-0.3, -0.25) is 9.59 Å². The topological polar surface area (TPSA) is 126 Å². The molecule has 254 valence electrons. The fourth-order valence-electron chi connectivity index (χ4n) is 3.69. The number of carbonyl (C=O) groups is 2. The maximum Gasteiger partial charge on any atom is 0.172 e. The summed E-state index contributed by atoms with van der Waals surface area (Å²) in [5.41, 5.74) is 0.834. The SMILES string of the molecule is C=CCOc1c(C=O)cccc1OCCOCCOCCOCCOCCOCCOCCOc1cccc(C=O)c1OCC=C. The number of benzene rings is 2. The second kappa shape index (κ2) is 26.4. The van der Waals surface area contributed by atoms with Crippen LogP contribution in [0.5, 0.6) is 23.0 Å². The minimum Gasteiger partial charge on any atom is -0.487 e. The Kier molecular flexibility index (Phi) is 22.1. The lowest BCUT2D eigenvalue weighted by molar-refractivity contribution is -0.0188. The van der Waals surface area contributed by atoms with E-state index in [1.807, 2.05) is 0 Å². The average molecular weight is 647 g/mol. The van der Waals surface area contributed by atoms with E-state index in [0.717, 1.165) is 12.6 Å². The van der Waals surface area contributed by atoms with E-state index in [4.69, 9.17) is 47.4 Å². The Labute approximate surface area is 271 Å². The van der Waals surface area contributed by atoms with Gasteiger partial charge in [0.05, 0.1) is 90.4 Å². The molecule has 46 heavy (non-hydrogen) atoms. The van der Waals surface area contributed by atoms with Gasteiger partial charge in [0.1, 0.15) is 26.4 Å². The summed E-state index contributed by atoms with van der Waals surface area (Å²) < 4.78 is 55.5. The third-order valence-electron chi connectivity index (χ3n) is 5.79. The van der Waals surface area contributed by atoms with Gasteiger partial charge in [0.25, 0.3) is 0 Å². The van der Waals surface area contributed by atoms with Gasteiger partial charge in [0.2, 0.25) is 0 Å². The Morgan fingerprint density at radius 3 is 1.02 bits per heavy atom. The fourth-order valence-corrected chi connectivity index (χ4v) is 3.69. The molecule has 12 heteroatoms. The molecule has 0 bridgehead atoms. The van der Waals surface area contributed by atoms with Gasteiger partial charge >= 0.3 is 0 Å². The summed E-state index contributed by atoms with van der Waals surface area (Å²) in [4.78, 5) is 22.5. The highest BCUT2D eigenvalue weighted by molar-refractivity contribution is 5.81. The van der Waals surface area contributed by atoms with Gasteiger partial charge in [-0.2, -0.15) is 0 Å². The maximum atomic E-state index is 11.2. The van der Waals surface area contributed by atoms with Crippen LogP contribution < -0.4 is 18.9 Å². The molecule has 0 amide bonds. The van der Waals surface area contributed by atoms with Crippen LogP contribution in [0.25, 0.3) is 0 Å². The smallest absolute Gasteiger partial charge is 0.172 e. The first-order valence-electron chi connectivity index (χ1n) is 15.1. The molecule has 2 aromatic carbocycles. The number of carbonyl (C=O) groups excluding carboxylic acids is 2. The molecule has 12 nitrogen and oxygen atoms in total. The van der Waals surface area contributed by atoms with E-state index in [0.29, 0.717) is 127 Å². The van der Waals surface area contributed by atoms with Gasteiger partial charge in [-0.1, -0.05) is 37.4 Å². The molecule has 0 aliphatic rings. The van der Waals surface area contributed by atoms with Crippen LogP contribution in [-0.2, 0) is 28.4 Å². The first-order valence-corrected chi connectivity index (χ1v) is 15.1. The second-order valence-electron chi connectivity index (χ2n) is 9.16. The van der Waals surface area contributed by atoms with Crippen molar-refractivity contribution in [3.8, 4) is 23.0 Å². The average Bonchev–Trinajstić information content (AvgIpc) is 3.08. The lowest BCUT2D eigenvalue weighted by atomic mass is 10.2.